The van der Waals surface area contributed by atoms with E-state index < -0.39 is 0 Å². The van der Waals surface area contributed by atoms with E-state index in [4.69, 9.17) is 40.5 Å². The second kappa shape index (κ2) is 5.08. The van der Waals surface area contributed by atoms with Crippen LogP contribution in [0.15, 0.2) is 12.1 Å². The lowest BCUT2D eigenvalue weighted by Crippen LogP contribution is -2.25. The molecule has 0 aromatic heterocycles. The monoisotopic (exact) mass is 252 g/mol. The molecule has 1 aromatic rings. The Morgan fingerprint density at radius 3 is 2.36 bits per heavy atom. The van der Waals surface area contributed by atoms with Gasteiger partial charge in [-0.2, -0.15) is 0 Å². The van der Waals surface area contributed by atoms with E-state index in [2.05, 4.69) is 5.32 Å². The third-order valence-corrected chi connectivity index (χ3v) is 2.80. The molecule has 1 atom stereocenters. The molecule has 0 radical (unpaired) electrons. The molecule has 2 nitrogen and oxygen atoms in total. The first kappa shape index (κ1) is 11.9. The second-order valence-electron chi connectivity index (χ2n) is 3.03. The molecule has 0 fully saturated rings. The van der Waals surface area contributed by atoms with E-state index in [9.17, 15) is 0 Å². The van der Waals surface area contributed by atoms with Crippen LogP contribution in [0.1, 0.15) is 6.92 Å². The van der Waals surface area contributed by atoms with Crippen LogP contribution >= 0.6 is 34.8 Å². The Labute approximate surface area is 98.3 Å². The van der Waals surface area contributed by atoms with Crippen LogP contribution in [0.2, 0.25) is 15.1 Å². The second-order valence-corrected chi connectivity index (χ2v) is 4.25. The molecule has 0 heterocycles. The highest BCUT2D eigenvalue weighted by Crippen LogP contribution is 2.32. The average Bonchev–Trinajstić information content (AvgIpc) is 2.14. The number of halogens is 3. The van der Waals surface area contributed by atoms with Crippen LogP contribution in [0.5, 0.6) is 0 Å². The fourth-order valence-electron chi connectivity index (χ4n) is 0.958. The molecule has 3 N–H and O–H groups in total. The first-order chi connectivity index (χ1) is 6.54. The number of benzene rings is 1. The molecular weight excluding hydrogens is 242 g/mol. The van der Waals surface area contributed by atoms with Crippen LogP contribution in [0.25, 0.3) is 0 Å². The Balaban J connectivity index is 2.92. The van der Waals surface area contributed by atoms with E-state index in [0.29, 0.717) is 21.6 Å². The van der Waals surface area contributed by atoms with E-state index in [-0.39, 0.29) is 6.04 Å². The quantitative estimate of drug-likeness (QED) is 0.810. The lowest BCUT2D eigenvalue weighted by Gasteiger charge is -2.14. The number of hydrogen-bond acceptors (Lipinski definition) is 2. The predicted octanol–water partition coefficient (Wildman–Crippen LogP) is 3.41. The van der Waals surface area contributed by atoms with Crippen molar-refractivity contribution in [1.82, 2.24) is 0 Å². The van der Waals surface area contributed by atoms with Crippen LogP contribution in [-0.4, -0.2) is 12.6 Å². The van der Waals surface area contributed by atoms with Crippen LogP contribution in [0.4, 0.5) is 5.69 Å². The summed E-state index contributed by atoms with van der Waals surface area (Å²) in [6, 6.07) is 3.44. The predicted molar refractivity (Wildman–Crippen MR) is 63.6 cm³/mol. The lowest BCUT2D eigenvalue weighted by atomic mass is 10.2. The summed E-state index contributed by atoms with van der Waals surface area (Å²) in [4.78, 5) is 0. The summed E-state index contributed by atoms with van der Waals surface area (Å²) in [5.41, 5.74) is 6.22. The van der Waals surface area contributed by atoms with Gasteiger partial charge in [-0.3, -0.25) is 0 Å². The van der Waals surface area contributed by atoms with Gasteiger partial charge in [0.1, 0.15) is 0 Å². The van der Waals surface area contributed by atoms with Gasteiger partial charge in [0.15, 0.2) is 0 Å². The lowest BCUT2D eigenvalue weighted by molar-refractivity contribution is 0.804. The minimum atomic E-state index is 0.143. The molecule has 1 aromatic carbocycles. The molecule has 78 valence electrons. The van der Waals surface area contributed by atoms with Crippen LogP contribution in [-0.2, 0) is 0 Å². The van der Waals surface area contributed by atoms with Crippen molar-refractivity contribution in [3.8, 4) is 0 Å². The van der Waals surface area contributed by atoms with Crippen molar-refractivity contribution in [2.75, 3.05) is 11.9 Å². The normalized spacial score (nSPS) is 12.6. The summed E-state index contributed by atoms with van der Waals surface area (Å²) in [7, 11) is 0. The summed E-state index contributed by atoms with van der Waals surface area (Å²) in [6.45, 7) is 2.48. The topological polar surface area (TPSA) is 38.0 Å². The van der Waals surface area contributed by atoms with Crippen LogP contribution in [0, 0.1) is 0 Å². The maximum Gasteiger partial charge on any atom is 0.0653 e. The van der Waals surface area contributed by atoms with Crippen LogP contribution in [0.3, 0.4) is 0 Å². The van der Waals surface area contributed by atoms with Gasteiger partial charge in [-0.05, 0) is 19.1 Å². The van der Waals surface area contributed by atoms with Gasteiger partial charge >= 0.3 is 0 Å². The average molecular weight is 254 g/mol. The largest absolute Gasteiger partial charge is 0.380 e. The number of nitrogens with one attached hydrogen (secondary N) is 1. The summed E-state index contributed by atoms with van der Waals surface area (Å²) in [5.74, 6) is 0. The smallest absolute Gasteiger partial charge is 0.0653 e. The van der Waals surface area contributed by atoms with Crippen LogP contribution < -0.4 is 11.1 Å². The Bertz CT molecular complexity index is 328. The molecule has 0 amide bonds. The zero-order chi connectivity index (χ0) is 10.7. The Morgan fingerprint density at radius 2 is 1.79 bits per heavy atom. The fourth-order valence-corrected chi connectivity index (χ4v) is 1.56. The van der Waals surface area contributed by atoms with E-state index in [1.165, 1.54) is 0 Å². The molecule has 0 aliphatic rings. The van der Waals surface area contributed by atoms with Gasteiger partial charge in [0.2, 0.25) is 0 Å². The van der Waals surface area contributed by atoms with E-state index in [1.807, 2.05) is 6.92 Å². The van der Waals surface area contributed by atoms with Crippen molar-refractivity contribution >= 4 is 40.5 Å². The van der Waals surface area contributed by atoms with Gasteiger partial charge < -0.3 is 11.1 Å². The summed E-state index contributed by atoms with van der Waals surface area (Å²) >= 11 is 17.6. The maximum atomic E-state index is 5.96. The zero-order valence-electron chi connectivity index (χ0n) is 7.65. The minimum Gasteiger partial charge on any atom is -0.380 e. The standard InChI is InChI=1S/C9H11Cl3N2/c1-5(4-13)14-9-3-7(11)6(10)2-8(9)12/h2-3,5,14H,4,13H2,1H3. The molecule has 1 rings (SSSR count). The van der Waals surface area contributed by atoms with Gasteiger partial charge in [0.25, 0.3) is 0 Å². The van der Waals surface area contributed by atoms with Crippen molar-refractivity contribution in [1.29, 1.82) is 0 Å². The maximum absolute atomic E-state index is 5.96. The van der Waals surface area contributed by atoms with Gasteiger partial charge in [-0.25, -0.2) is 0 Å². The molecule has 0 saturated carbocycles. The fraction of sp³-hybridized carbons (Fsp3) is 0.333. The Morgan fingerprint density at radius 1 is 1.21 bits per heavy atom. The highest BCUT2D eigenvalue weighted by atomic mass is 35.5. The van der Waals surface area contributed by atoms with Gasteiger partial charge in [0.05, 0.1) is 20.8 Å². The number of nitrogens with two attached hydrogens (primary N) is 1. The van der Waals surface area contributed by atoms with E-state index in [0.717, 1.165) is 5.69 Å². The Hall–Kier alpha value is -0.150. The van der Waals surface area contributed by atoms with Crippen molar-refractivity contribution in [2.45, 2.75) is 13.0 Å². The number of rotatable bonds is 3. The first-order valence-electron chi connectivity index (χ1n) is 4.15. The van der Waals surface area contributed by atoms with Gasteiger partial charge in [-0.15, -0.1) is 0 Å². The van der Waals surface area contributed by atoms with Crippen molar-refractivity contribution < 1.29 is 0 Å². The minimum absolute atomic E-state index is 0.143. The Kier molecular flexibility index (Phi) is 4.32. The van der Waals surface area contributed by atoms with Crippen molar-refractivity contribution in [3.05, 3.63) is 27.2 Å². The summed E-state index contributed by atoms with van der Waals surface area (Å²) < 4.78 is 0. The first-order valence-corrected chi connectivity index (χ1v) is 5.29. The van der Waals surface area contributed by atoms with Gasteiger partial charge in [-0.1, -0.05) is 34.8 Å². The van der Waals surface area contributed by atoms with E-state index >= 15 is 0 Å². The molecule has 0 aliphatic heterocycles. The molecular formula is C9H11Cl3N2. The zero-order valence-corrected chi connectivity index (χ0v) is 9.92. The highest BCUT2D eigenvalue weighted by molar-refractivity contribution is 6.44. The molecule has 0 aliphatic carbocycles. The SMILES string of the molecule is CC(CN)Nc1cc(Cl)c(Cl)cc1Cl. The number of hydrogen-bond donors (Lipinski definition) is 2. The van der Waals surface area contributed by atoms with Crippen molar-refractivity contribution in [3.63, 3.8) is 0 Å². The third kappa shape index (κ3) is 2.92. The molecule has 14 heavy (non-hydrogen) atoms. The molecule has 0 bridgehead atoms. The number of anilines is 1. The summed E-state index contributed by atoms with van der Waals surface area (Å²) in [5, 5.41) is 4.59. The molecule has 5 heteroatoms. The molecule has 0 spiro atoms. The van der Waals surface area contributed by atoms with Gasteiger partial charge in [0, 0.05) is 12.6 Å². The van der Waals surface area contributed by atoms with E-state index in [1.54, 1.807) is 12.1 Å². The highest BCUT2D eigenvalue weighted by Gasteiger charge is 2.07. The summed E-state index contributed by atoms with van der Waals surface area (Å²) in [6.07, 6.45) is 0. The third-order valence-electron chi connectivity index (χ3n) is 1.77. The molecule has 0 saturated heterocycles. The molecule has 1 unspecified atom stereocenters. The van der Waals surface area contributed by atoms with Crippen molar-refractivity contribution in [2.24, 2.45) is 5.73 Å².